The van der Waals surface area contributed by atoms with Gasteiger partial charge in [-0.1, -0.05) is 6.92 Å². The van der Waals surface area contributed by atoms with Crippen LogP contribution in [0.25, 0.3) is 0 Å². The number of hydrogen-bond donors (Lipinski definition) is 1. The minimum absolute atomic E-state index is 0.758. The molecular weight excluding hydrogens is 216 g/mol. The zero-order valence-electron chi connectivity index (χ0n) is 10.9. The van der Waals surface area contributed by atoms with Crippen LogP contribution in [0, 0.1) is 5.92 Å². The van der Waals surface area contributed by atoms with Gasteiger partial charge in [0.1, 0.15) is 0 Å². The zero-order valence-corrected chi connectivity index (χ0v) is 11.7. The van der Waals surface area contributed by atoms with Crippen molar-refractivity contribution in [1.29, 1.82) is 0 Å². The number of nitrogens with one attached hydrogen (secondary N) is 1. The molecule has 0 aromatic heterocycles. The summed E-state index contributed by atoms with van der Waals surface area (Å²) >= 11 is 2.03. The average molecular weight is 242 g/mol. The molecule has 1 saturated carbocycles. The van der Waals surface area contributed by atoms with Gasteiger partial charge in [0.15, 0.2) is 0 Å². The first-order valence-corrected chi connectivity index (χ1v) is 7.96. The highest BCUT2D eigenvalue weighted by atomic mass is 32.2. The van der Waals surface area contributed by atoms with Gasteiger partial charge in [-0.3, -0.25) is 4.90 Å². The van der Waals surface area contributed by atoms with Crippen molar-refractivity contribution < 1.29 is 0 Å². The summed E-state index contributed by atoms with van der Waals surface area (Å²) in [6.45, 7) is 4.78. The van der Waals surface area contributed by atoms with E-state index in [1.807, 2.05) is 11.8 Å². The summed E-state index contributed by atoms with van der Waals surface area (Å²) in [6.07, 6.45) is 7.93. The van der Waals surface area contributed by atoms with Crippen molar-refractivity contribution in [2.75, 3.05) is 26.4 Å². The van der Waals surface area contributed by atoms with Crippen molar-refractivity contribution in [3.05, 3.63) is 0 Å². The second-order valence-corrected chi connectivity index (χ2v) is 6.66. The highest BCUT2D eigenvalue weighted by Crippen LogP contribution is 2.30. The Hall–Kier alpha value is 0.270. The Morgan fingerprint density at radius 2 is 1.81 bits per heavy atom. The molecule has 1 saturated heterocycles. The SMILES string of the molecule is CSC1CNCC1N(C)C1CCC(C)CC1. The van der Waals surface area contributed by atoms with E-state index in [0.717, 1.165) is 23.3 Å². The molecule has 2 nitrogen and oxygen atoms in total. The normalized spacial score (nSPS) is 40.5. The summed E-state index contributed by atoms with van der Waals surface area (Å²) in [7, 11) is 2.35. The van der Waals surface area contributed by atoms with Gasteiger partial charge in [-0.05, 0) is 44.9 Å². The van der Waals surface area contributed by atoms with E-state index >= 15 is 0 Å². The smallest absolute Gasteiger partial charge is 0.0351 e. The van der Waals surface area contributed by atoms with Crippen molar-refractivity contribution >= 4 is 11.8 Å². The maximum Gasteiger partial charge on any atom is 0.0351 e. The number of nitrogens with zero attached hydrogens (tertiary/aromatic N) is 1. The third-order valence-electron chi connectivity index (χ3n) is 4.52. The van der Waals surface area contributed by atoms with E-state index < -0.39 is 0 Å². The Bertz CT molecular complexity index is 214. The molecule has 0 spiro atoms. The molecule has 0 aromatic carbocycles. The van der Waals surface area contributed by atoms with E-state index in [-0.39, 0.29) is 0 Å². The Kier molecular flexibility index (Phi) is 4.57. The number of likely N-dealkylation sites (N-methyl/N-ethyl adjacent to an activating group) is 1. The molecule has 0 aromatic rings. The number of thioether (sulfide) groups is 1. The topological polar surface area (TPSA) is 15.3 Å². The third kappa shape index (κ3) is 2.74. The first-order valence-electron chi connectivity index (χ1n) is 6.67. The van der Waals surface area contributed by atoms with Crippen LogP contribution in [-0.4, -0.2) is 48.6 Å². The van der Waals surface area contributed by atoms with Crippen LogP contribution >= 0.6 is 11.8 Å². The molecule has 2 aliphatic rings. The van der Waals surface area contributed by atoms with Crippen LogP contribution in [0.3, 0.4) is 0 Å². The van der Waals surface area contributed by atoms with E-state index in [0.29, 0.717) is 0 Å². The Morgan fingerprint density at radius 3 is 2.44 bits per heavy atom. The zero-order chi connectivity index (χ0) is 11.5. The van der Waals surface area contributed by atoms with E-state index in [9.17, 15) is 0 Å². The highest BCUT2D eigenvalue weighted by molar-refractivity contribution is 7.99. The molecule has 0 radical (unpaired) electrons. The first-order chi connectivity index (χ1) is 7.72. The summed E-state index contributed by atoms with van der Waals surface area (Å²) in [4.78, 5) is 2.67. The molecule has 1 aliphatic carbocycles. The maximum atomic E-state index is 3.54. The van der Waals surface area contributed by atoms with Gasteiger partial charge in [-0.15, -0.1) is 0 Å². The molecule has 1 N–H and O–H groups in total. The van der Waals surface area contributed by atoms with Crippen molar-refractivity contribution in [3.8, 4) is 0 Å². The molecule has 0 bridgehead atoms. The van der Waals surface area contributed by atoms with Gasteiger partial charge >= 0.3 is 0 Å². The third-order valence-corrected chi connectivity index (χ3v) is 5.60. The van der Waals surface area contributed by atoms with Gasteiger partial charge in [-0.2, -0.15) is 11.8 Å². The summed E-state index contributed by atoms with van der Waals surface area (Å²) in [5, 5.41) is 4.34. The molecule has 0 amide bonds. The second kappa shape index (κ2) is 5.74. The van der Waals surface area contributed by atoms with Crippen LogP contribution in [0.5, 0.6) is 0 Å². The molecule has 16 heavy (non-hydrogen) atoms. The van der Waals surface area contributed by atoms with Crippen molar-refractivity contribution in [1.82, 2.24) is 10.2 Å². The van der Waals surface area contributed by atoms with Gasteiger partial charge < -0.3 is 5.32 Å². The summed E-state index contributed by atoms with van der Waals surface area (Å²) < 4.78 is 0. The van der Waals surface area contributed by atoms with Crippen LogP contribution in [0.1, 0.15) is 32.6 Å². The fraction of sp³-hybridized carbons (Fsp3) is 1.00. The van der Waals surface area contributed by atoms with Crippen LogP contribution in [0.15, 0.2) is 0 Å². The Balaban J connectivity index is 1.88. The fourth-order valence-corrected chi connectivity index (χ4v) is 4.10. The predicted octanol–water partition coefficient (Wildman–Crippen LogP) is 2.20. The van der Waals surface area contributed by atoms with Crippen LogP contribution in [0.4, 0.5) is 0 Å². The highest BCUT2D eigenvalue weighted by Gasteiger charge is 2.33. The quantitative estimate of drug-likeness (QED) is 0.817. The van der Waals surface area contributed by atoms with Gasteiger partial charge in [0, 0.05) is 30.4 Å². The second-order valence-electron chi connectivity index (χ2n) is 5.58. The standard InChI is InChI=1S/C13H26N2S/c1-10-4-6-11(7-5-10)15(2)12-8-14-9-13(12)16-3/h10-14H,4-9H2,1-3H3. The van der Waals surface area contributed by atoms with Gasteiger partial charge in [0.2, 0.25) is 0 Å². The molecule has 94 valence electrons. The van der Waals surface area contributed by atoms with Gasteiger partial charge in [0.05, 0.1) is 0 Å². The molecule has 3 heteroatoms. The van der Waals surface area contributed by atoms with E-state index in [4.69, 9.17) is 0 Å². The Morgan fingerprint density at radius 1 is 1.12 bits per heavy atom. The first kappa shape index (κ1) is 12.7. The average Bonchev–Trinajstić information content (AvgIpc) is 2.77. The summed E-state index contributed by atoms with van der Waals surface area (Å²) in [6, 6.07) is 1.60. The largest absolute Gasteiger partial charge is 0.314 e. The number of hydrogen-bond acceptors (Lipinski definition) is 3. The van der Waals surface area contributed by atoms with Crippen molar-refractivity contribution in [2.45, 2.75) is 49.9 Å². The lowest BCUT2D eigenvalue weighted by Crippen LogP contribution is -2.46. The maximum absolute atomic E-state index is 3.54. The molecule has 1 aliphatic heterocycles. The fourth-order valence-electron chi connectivity index (χ4n) is 3.21. The summed E-state index contributed by atoms with van der Waals surface area (Å²) in [5.41, 5.74) is 0. The van der Waals surface area contributed by atoms with E-state index in [1.165, 1.54) is 38.8 Å². The molecule has 2 rings (SSSR count). The predicted molar refractivity (Wildman–Crippen MR) is 73.1 cm³/mol. The van der Waals surface area contributed by atoms with E-state index in [2.05, 4.69) is 30.4 Å². The van der Waals surface area contributed by atoms with Gasteiger partial charge in [-0.25, -0.2) is 0 Å². The molecular formula is C13H26N2S. The monoisotopic (exact) mass is 242 g/mol. The van der Waals surface area contributed by atoms with Crippen molar-refractivity contribution in [3.63, 3.8) is 0 Å². The summed E-state index contributed by atoms with van der Waals surface area (Å²) in [5.74, 6) is 0.961. The molecule has 2 unspecified atom stereocenters. The minimum atomic E-state index is 0.758. The molecule has 1 heterocycles. The lowest BCUT2D eigenvalue weighted by atomic mass is 9.86. The van der Waals surface area contributed by atoms with Crippen LogP contribution < -0.4 is 5.32 Å². The lowest BCUT2D eigenvalue weighted by Gasteiger charge is -2.38. The lowest BCUT2D eigenvalue weighted by molar-refractivity contribution is 0.133. The van der Waals surface area contributed by atoms with E-state index in [1.54, 1.807) is 0 Å². The van der Waals surface area contributed by atoms with Crippen molar-refractivity contribution in [2.24, 2.45) is 5.92 Å². The minimum Gasteiger partial charge on any atom is -0.314 e. The molecule has 2 atom stereocenters. The van der Waals surface area contributed by atoms with Crippen LogP contribution in [-0.2, 0) is 0 Å². The van der Waals surface area contributed by atoms with Gasteiger partial charge in [0.25, 0.3) is 0 Å². The van der Waals surface area contributed by atoms with Crippen LogP contribution in [0.2, 0.25) is 0 Å². The Labute approximate surface area is 105 Å². The molecule has 2 fully saturated rings. The number of rotatable bonds is 3.